The molecule has 0 heterocycles. The maximum Gasteiger partial charge on any atom is 0.277 e. The zero-order valence-electron chi connectivity index (χ0n) is 13.5. The first-order valence-electron chi connectivity index (χ1n) is 7.70. The van der Waals surface area contributed by atoms with Crippen LogP contribution in [0, 0.1) is 0 Å². The zero-order valence-corrected chi connectivity index (χ0v) is 14.3. The summed E-state index contributed by atoms with van der Waals surface area (Å²) in [5, 5.41) is 2.66. The highest BCUT2D eigenvalue weighted by molar-refractivity contribution is 7.87. The summed E-state index contributed by atoms with van der Waals surface area (Å²) in [6, 6.07) is 7.29. The number of benzene rings is 1. The second kappa shape index (κ2) is 7.76. The van der Waals surface area contributed by atoms with E-state index in [9.17, 15) is 13.2 Å². The molecule has 1 aliphatic carbocycles. The minimum Gasteiger partial charge on any atom is -0.378 e. The highest BCUT2D eigenvalue weighted by Crippen LogP contribution is 2.18. The molecule has 1 saturated carbocycles. The Morgan fingerprint density at radius 3 is 2.35 bits per heavy atom. The minimum absolute atomic E-state index is 0.0193. The Kier molecular flexibility index (Phi) is 5.97. The summed E-state index contributed by atoms with van der Waals surface area (Å²) in [4.78, 5) is 13.8. The smallest absolute Gasteiger partial charge is 0.277 e. The molecular weight excluding hydrogens is 316 g/mol. The number of nitrogens with one attached hydrogen (secondary N) is 3. The molecule has 2 rings (SSSR count). The van der Waals surface area contributed by atoms with Crippen molar-refractivity contribution in [1.29, 1.82) is 0 Å². The molecule has 0 bridgehead atoms. The monoisotopic (exact) mass is 340 g/mol. The van der Waals surface area contributed by atoms with Crippen molar-refractivity contribution >= 4 is 27.5 Å². The molecule has 0 unspecified atom stereocenters. The summed E-state index contributed by atoms with van der Waals surface area (Å²) in [7, 11) is 0.223. The molecule has 0 aromatic heterocycles. The summed E-state index contributed by atoms with van der Waals surface area (Å²) in [5.41, 5.74) is 1.65. The Labute approximate surface area is 137 Å². The van der Waals surface area contributed by atoms with E-state index >= 15 is 0 Å². The van der Waals surface area contributed by atoms with Gasteiger partial charge in [-0.05, 0) is 37.1 Å². The maximum atomic E-state index is 11.9. The van der Waals surface area contributed by atoms with Gasteiger partial charge in [0.05, 0.1) is 6.54 Å². The Morgan fingerprint density at radius 1 is 1.17 bits per heavy atom. The number of nitrogens with zero attached hydrogens (tertiary/aromatic N) is 1. The third-order valence-electron chi connectivity index (χ3n) is 3.77. The van der Waals surface area contributed by atoms with E-state index in [1.807, 2.05) is 31.1 Å². The molecule has 1 amide bonds. The van der Waals surface area contributed by atoms with Gasteiger partial charge >= 0.3 is 0 Å². The minimum atomic E-state index is -3.64. The molecular formula is C15H24N4O3S. The Hall–Kier alpha value is -1.64. The average molecular weight is 340 g/mol. The summed E-state index contributed by atoms with van der Waals surface area (Å²) in [5.74, 6) is -0.403. The largest absolute Gasteiger partial charge is 0.378 e. The molecule has 0 radical (unpaired) electrons. The number of hydrogen-bond donors (Lipinski definition) is 3. The van der Waals surface area contributed by atoms with Crippen LogP contribution in [0.25, 0.3) is 0 Å². The third kappa shape index (κ3) is 5.81. The van der Waals surface area contributed by atoms with Crippen molar-refractivity contribution in [3.8, 4) is 0 Å². The quantitative estimate of drug-likeness (QED) is 0.692. The SMILES string of the molecule is CN(C)c1ccc(NC(=O)CNS(=O)(=O)NC2CCCC2)cc1. The van der Waals surface area contributed by atoms with Crippen molar-refractivity contribution in [3.05, 3.63) is 24.3 Å². The second-order valence-electron chi connectivity index (χ2n) is 5.91. The molecule has 23 heavy (non-hydrogen) atoms. The zero-order chi connectivity index (χ0) is 16.9. The number of hydrogen-bond acceptors (Lipinski definition) is 4. The molecule has 1 fully saturated rings. The lowest BCUT2D eigenvalue weighted by Gasteiger charge is -2.14. The first-order chi connectivity index (χ1) is 10.9. The van der Waals surface area contributed by atoms with Gasteiger partial charge in [-0.15, -0.1) is 0 Å². The number of carbonyl (C=O) groups excluding carboxylic acids is 1. The molecule has 1 aliphatic rings. The van der Waals surface area contributed by atoms with E-state index < -0.39 is 16.1 Å². The highest BCUT2D eigenvalue weighted by Gasteiger charge is 2.21. The molecule has 0 atom stereocenters. The number of amides is 1. The van der Waals surface area contributed by atoms with Crippen molar-refractivity contribution in [2.24, 2.45) is 0 Å². The second-order valence-corrected chi connectivity index (χ2v) is 7.44. The fraction of sp³-hybridized carbons (Fsp3) is 0.533. The Bertz CT molecular complexity index is 623. The molecule has 7 nitrogen and oxygen atoms in total. The summed E-state index contributed by atoms with van der Waals surface area (Å²) < 4.78 is 28.6. The van der Waals surface area contributed by atoms with E-state index in [4.69, 9.17) is 0 Å². The number of rotatable bonds is 7. The van der Waals surface area contributed by atoms with E-state index in [-0.39, 0.29) is 12.6 Å². The first-order valence-corrected chi connectivity index (χ1v) is 9.18. The third-order valence-corrected chi connectivity index (χ3v) is 4.94. The van der Waals surface area contributed by atoms with Crippen molar-refractivity contribution in [2.45, 2.75) is 31.7 Å². The van der Waals surface area contributed by atoms with Gasteiger partial charge in [-0.1, -0.05) is 12.8 Å². The fourth-order valence-corrected chi connectivity index (χ4v) is 3.59. The van der Waals surface area contributed by atoms with Gasteiger partial charge in [0.1, 0.15) is 0 Å². The molecule has 0 spiro atoms. The van der Waals surface area contributed by atoms with E-state index in [1.54, 1.807) is 12.1 Å². The van der Waals surface area contributed by atoms with E-state index in [0.717, 1.165) is 31.4 Å². The van der Waals surface area contributed by atoms with Crippen molar-refractivity contribution in [3.63, 3.8) is 0 Å². The van der Waals surface area contributed by atoms with Crippen LogP contribution in [0.15, 0.2) is 24.3 Å². The van der Waals surface area contributed by atoms with Crippen LogP contribution in [0.3, 0.4) is 0 Å². The fourth-order valence-electron chi connectivity index (χ4n) is 2.51. The van der Waals surface area contributed by atoms with Gasteiger partial charge in [-0.2, -0.15) is 17.9 Å². The van der Waals surface area contributed by atoms with Crippen LogP contribution in [0.5, 0.6) is 0 Å². The van der Waals surface area contributed by atoms with Crippen LogP contribution in [-0.2, 0) is 15.0 Å². The topological polar surface area (TPSA) is 90.5 Å². The van der Waals surface area contributed by atoms with Crippen LogP contribution in [0.4, 0.5) is 11.4 Å². The molecule has 8 heteroatoms. The van der Waals surface area contributed by atoms with Gasteiger partial charge in [-0.3, -0.25) is 4.79 Å². The van der Waals surface area contributed by atoms with Gasteiger partial charge in [0.15, 0.2) is 0 Å². The number of anilines is 2. The van der Waals surface area contributed by atoms with Crippen LogP contribution in [0.1, 0.15) is 25.7 Å². The van der Waals surface area contributed by atoms with Crippen molar-refractivity contribution in [2.75, 3.05) is 30.9 Å². The van der Waals surface area contributed by atoms with Gasteiger partial charge in [-0.25, -0.2) is 0 Å². The highest BCUT2D eigenvalue weighted by atomic mass is 32.2. The van der Waals surface area contributed by atoms with Crippen molar-refractivity contribution in [1.82, 2.24) is 9.44 Å². The van der Waals surface area contributed by atoms with E-state index in [2.05, 4.69) is 14.8 Å². The molecule has 0 aliphatic heterocycles. The lowest BCUT2D eigenvalue weighted by atomic mass is 10.2. The van der Waals surface area contributed by atoms with Gasteiger partial charge < -0.3 is 10.2 Å². The molecule has 3 N–H and O–H groups in total. The average Bonchev–Trinajstić information content (AvgIpc) is 2.98. The summed E-state index contributed by atoms with van der Waals surface area (Å²) in [6.07, 6.45) is 3.78. The van der Waals surface area contributed by atoms with Gasteiger partial charge in [0.25, 0.3) is 10.2 Å². The van der Waals surface area contributed by atoms with Crippen LogP contribution < -0.4 is 19.7 Å². The lowest BCUT2D eigenvalue weighted by Crippen LogP contribution is -2.44. The van der Waals surface area contributed by atoms with Gasteiger partial charge in [0.2, 0.25) is 5.91 Å². The predicted molar refractivity (Wildman–Crippen MR) is 91.7 cm³/mol. The maximum absolute atomic E-state index is 11.9. The number of carbonyl (C=O) groups is 1. The summed E-state index contributed by atoms with van der Waals surface area (Å²) in [6.45, 7) is -0.294. The molecule has 1 aromatic rings. The summed E-state index contributed by atoms with van der Waals surface area (Å²) >= 11 is 0. The van der Waals surface area contributed by atoms with E-state index in [0.29, 0.717) is 5.69 Å². The van der Waals surface area contributed by atoms with Gasteiger partial charge in [0, 0.05) is 31.5 Å². The van der Waals surface area contributed by atoms with Crippen LogP contribution in [-0.4, -0.2) is 41.0 Å². The van der Waals surface area contributed by atoms with E-state index in [1.165, 1.54) is 0 Å². The van der Waals surface area contributed by atoms with Crippen molar-refractivity contribution < 1.29 is 13.2 Å². The molecule has 128 valence electrons. The normalized spacial score (nSPS) is 15.6. The Morgan fingerprint density at radius 2 is 1.78 bits per heavy atom. The van der Waals surface area contributed by atoms with Crippen LogP contribution >= 0.6 is 0 Å². The Balaban J connectivity index is 1.79. The first kappa shape index (κ1) is 17.7. The molecule has 0 saturated heterocycles. The molecule has 1 aromatic carbocycles. The standard InChI is InChI=1S/C15H24N4O3S/c1-19(2)14-9-7-12(8-10-14)17-15(20)11-16-23(21,22)18-13-5-3-4-6-13/h7-10,13,16,18H,3-6,11H2,1-2H3,(H,17,20). The predicted octanol–water partition coefficient (Wildman–Crippen LogP) is 1.06. The lowest BCUT2D eigenvalue weighted by molar-refractivity contribution is -0.115. The van der Waals surface area contributed by atoms with Crippen LogP contribution in [0.2, 0.25) is 0 Å².